The molecule has 0 saturated carbocycles. The van der Waals surface area contributed by atoms with Crippen LogP contribution in [0.3, 0.4) is 0 Å². The number of nitrogens with one attached hydrogen (secondary N) is 1. The third-order valence-corrected chi connectivity index (χ3v) is 4.93. The molecular weight excluding hydrogens is 362 g/mol. The zero-order chi connectivity index (χ0) is 17.9. The van der Waals surface area contributed by atoms with Gasteiger partial charge in [0.1, 0.15) is 12.0 Å². The molecule has 0 amide bonds. The van der Waals surface area contributed by atoms with Gasteiger partial charge in [-0.15, -0.1) is 0 Å². The number of carbonyl (C=O) groups excluding carboxylic acids is 1. The number of sulfonamides is 1. The third kappa shape index (κ3) is 3.84. The Hall–Kier alpha value is -2.77. The molecule has 0 aliphatic carbocycles. The van der Waals surface area contributed by atoms with Crippen molar-refractivity contribution in [2.24, 2.45) is 0 Å². The van der Waals surface area contributed by atoms with Crippen LogP contribution in [0.5, 0.6) is 0 Å². The first kappa shape index (κ1) is 17.1. The van der Waals surface area contributed by atoms with Gasteiger partial charge in [0.2, 0.25) is 0 Å². The molecule has 126 valence electrons. The molecule has 0 radical (unpaired) electrons. The summed E-state index contributed by atoms with van der Waals surface area (Å²) in [6.45, 7) is 0. The summed E-state index contributed by atoms with van der Waals surface area (Å²) in [6, 6.07) is 12.5. The molecule has 1 heterocycles. The molecule has 0 bridgehead atoms. The minimum Gasteiger partial charge on any atom is -0.298 e. The van der Waals surface area contributed by atoms with E-state index in [0.29, 0.717) is 21.8 Å². The van der Waals surface area contributed by atoms with E-state index >= 15 is 0 Å². The highest BCUT2D eigenvalue weighted by Gasteiger charge is 2.18. The molecule has 0 unspecified atom stereocenters. The molecule has 1 N–H and O–H groups in total. The van der Waals surface area contributed by atoms with Crippen LogP contribution in [0, 0.1) is 0 Å². The second-order valence-electron chi connectivity index (χ2n) is 5.06. The SMILES string of the molecule is O=Cc1ccc(-c2nccnc2NS(=O)(=O)c2cccc(Cl)c2)cc1. The number of aldehydes is 1. The van der Waals surface area contributed by atoms with Crippen LogP contribution in [-0.4, -0.2) is 24.7 Å². The van der Waals surface area contributed by atoms with E-state index in [4.69, 9.17) is 11.6 Å². The first-order chi connectivity index (χ1) is 12.0. The lowest BCUT2D eigenvalue weighted by Crippen LogP contribution is -2.15. The molecule has 0 fully saturated rings. The zero-order valence-electron chi connectivity index (χ0n) is 12.8. The molecule has 3 aromatic rings. The highest BCUT2D eigenvalue weighted by atomic mass is 35.5. The van der Waals surface area contributed by atoms with Gasteiger partial charge in [0.15, 0.2) is 5.82 Å². The van der Waals surface area contributed by atoms with Gasteiger partial charge in [-0.25, -0.2) is 13.4 Å². The van der Waals surface area contributed by atoms with E-state index < -0.39 is 10.0 Å². The summed E-state index contributed by atoms with van der Waals surface area (Å²) in [5, 5.41) is 0.312. The molecular formula is C17H12ClN3O3S. The van der Waals surface area contributed by atoms with Gasteiger partial charge in [-0.3, -0.25) is 14.5 Å². The van der Waals surface area contributed by atoms with Gasteiger partial charge in [0.25, 0.3) is 10.0 Å². The first-order valence-corrected chi connectivity index (χ1v) is 9.01. The lowest BCUT2D eigenvalue weighted by atomic mass is 10.1. The molecule has 25 heavy (non-hydrogen) atoms. The Morgan fingerprint density at radius 3 is 2.40 bits per heavy atom. The maximum atomic E-state index is 12.6. The van der Waals surface area contributed by atoms with E-state index in [1.54, 1.807) is 36.4 Å². The second-order valence-corrected chi connectivity index (χ2v) is 7.18. The van der Waals surface area contributed by atoms with Crippen molar-refractivity contribution in [3.63, 3.8) is 0 Å². The molecule has 6 nitrogen and oxygen atoms in total. The highest BCUT2D eigenvalue weighted by molar-refractivity contribution is 7.92. The minimum atomic E-state index is -3.87. The Balaban J connectivity index is 1.99. The lowest BCUT2D eigenvalue weighted by molar-refractivity contribution is 0.112. The predicted molar refractivity (Wildman–Crippen MR) is 95.1 cm³/mol. The Morgan fingerprint density at radius 1 is 1.00 bits per heavy atom. The normalized spacial score (nSPS) is 11.1. The number of hydrogen-bond acceptors (Lipinski definition) is 5. The summed E-state index contributed by atoms with van der Waals surface area (Å²) in [7, 11) is -3.87. The Labute approximate surface area is 149 Å². The average molecular weight is 374 g/mol. The summed E-state index contributed by atoms with van der Waals surface area (Å²) in [4.78, 5) is 19.1. The van der Waals surface area contributed by atoms with Crippen LogP contribution in [0.15, 0.2) is 65.8 Å². The highest BCUT2D eigenvalue weighted by Crippen LogP contribution is 2.26. The van der Waals surface area contributed by atoms with Gasteiger partial charge in [-0.1, -0.05) is 41.9 Å². The molecule has 0 aliphatic rings. The molecule has 2 aromatic carbocycles. The van der Waals surface area contributed by atoms with E-state index in [9.17, 15) is 13.2 Å². The summed E-state index contributed by atoms with van der Waals surface area (Å²) < 4.78 is 27.5. The molecule has 0 aliphatic heterocycles. The van der Waals surface area contributed by atoms with Crippen LogP contribution in [-0.2, 0) is 10.0 Å². The average Bonchev–Trinajstić information content (AvgIpc) is 2.62. The Morgan fingerprint density at radius 2 is 1.72 bits per heavy atom. The lowest BCUT2D eigenvalue weighted by Gasteiger charge is -2.11. The largest absolute Gasteiger partial charge is 0.298 e. The summed E-state index contributed by atoms with van der Waals surface area (Å²) in [5.74, 6) is 0.0846. The van der Waals surface area contributed by atoms with Crippen LogP contribution in [0.1, 0.15) is 10.4 Å². The van der Waals surface area contributed by atoms with Crippen LogP contribution in [0.2, 0.25) is 5.02 Å². The molecule has 0 atom stereocenters. The number of halogens is 1. The van der Waals surface area contributed by atoms with Crippen molar-refractivity contribution in [2.45, 2.75) is 4.90 Å². The van der Waals surface area contributed by atoms with Gasteiger partial charge in [-0.2, -0.15) is 0 Å². The number of nitrogens with zero attached hydrogens (tertiary/aromatic N) is 2. The van der Waals surface area contributed by atoms with Gasteiger partial charge in [-0.05, 0) is 18.2 Å². The van der Waals surface area contributed by atoms with E-state index in [1.165, 1.54) is 24.5 Å². The van der Waals surface area contributed by atoms with E-state index in [-0.39, 0.29) is 10.7 Å². The maximum absolute atomic E-state index is 12.6. The second kappa shape index (κ2) is 7.00. The van der Waals surface area contributed by atoms with E-state index in [0.717, 1.165) is 6.29 Å². The van der Waals surface area contributed by atoms with Gasteiger partial charge < -0.3 is 0 Å². The van der Waals surface area contributed by atoms with E-state index in [2.05, 4.69) is 14.7 Å². The molecule has 8 heteroatoms. The number of aromatic nitrogens is 2. The van der Waals surface area contributed by atoms with Gasteiger partial charge >= 0.3 is 0 Å². The van der Waals surface area contributed by atoms with Crippen molar-refractivity contribution in [2.75, 3.05) is 4.72 Å². The monoisotopic (exact) mass is 373 g/mol. The van der Waals surface area contributed by atoms with Crippen LogP contribution in [0.25, 0.3) is 11.3 Å². The van der Waals surface area contributed by atoms with Crippen molar-refractivity contribution in [1.29, 1.82) is 0 Å². The standard InChI is InChI=1S/C17H12ClN3O3S/c18-14-2-1-3-15(10-14)25(23,24)21-17-16(19-8-9-20-17)13-6-4-12(11-22)5-7-13/h1-11H,(H,20,21). The van der Waals surface area contributed by atoms with Crippen molar-refractivity contribution < 1.29 is 13.2 Å². The summed E-state index contributed by atoms with van der Waals surface area (Å²) in [5.41, 5.74) is 1.49. The number of carbonyl (C=O) groups is 1. The fourth-order valence-electron chi connectivity index (χ4n) is 2.16. The number of rotatable bonds is 5. The topological polar surface area (TPSA) is 89.0 Å². The zero-order valence-corrected chi connectivity index (χ0v) is 14.3. The minimum absolute atomic E-state index is 0.0212. The summed E-state index contributed by atoms with van der Waals surface area (Å²) in [6.07, 6.45) is 3.57. The quantitative estimate of drug-likeness (QED) is 0.692. The molecule has 0 saturated heterocycles. The number of anilines is 1. The molecule has 0 spiro atoms. The fourth-order valence-corrected chi connectivity index (χ4v) is 3.48. The third-order valence-electron chi connectivity index (χ3n) is 3.36. The van der Waals surface area contributed by atoms with Crippen LogP contribution >= 0.6 is 11.6 Å². The van der Waals surface area contributed by atoms with Crippen molar-refractivity contribution in [1.82, 2.24) is 9.97 Å². The van der Waals surface area contributed by atoms with Gasteiger partial charge in [0.05, 0.1) is 4.90 Å². The maximum Gasteiger partial charge on any atom is 0.263 e. The summed E-state index contributed by atoms with van der Waals surface area (Å²) >= 11 is 5.86. The smallest absolute Gasteiger partial charge is 0.263 e. The van der Waals surface area contributed by atoms with E-state index in [1.807, 2.05) is 0 Å². The predicted octanol–water partition coefficient (Wildman–Crippen LogP) is 3.41. The Bertz CT molecular complexity index is 1020. The van der Waals surface area contributed by atoms with Gasteiger partial charge in [0, 0.05) is 28.5 Å². The number of benzene rings is 2. The molecule has 3 rings (SSSR count). The van der Waals surface area contributed by atoms with Crippen molar-refractivity contribution in [3.05, 3.63) is 71.5 Å². The molecule has 1 aromatic heterocycles. The fraction of sp³-hybridized carbons (Fsp3) is 0. The van der Waals surface area contributed by atoms with Crippen molar-refractivity contribution in [3.8, 4) is 11.3 Å². The first-order valence-electron chi connectivity index (χ1n) is 7.14. The van der Waals surface area contributed by atoms with Crippen molar-refractivity contribution >= 4 is 33.7 Å². The number of hydrogen-bond donors (Lipinski definition) is 1. The van der Waals surface area contributed by atoms with Crippen LogP contribution < -0.4 is 4.72 Å². The van der Waals surface area contributed by atoms with Crippen LogP contribution in [0.4, 0.5) is 5.82 Å². The Kier molecular flexibility index (Phi) is 4.78.